The highest BCUT2D eigenvalue weighted by molar-refractivity contribution is 7.17. The average molecular weight is 296 g/mol. The van der Waals surface area contributed by atoms with Crippen molar-refractivity contribution in [2.24, 2.45) is 0 Å². The molecule has 19 heavy (non-hydrogen) atoms. The molecule has 3 aromatic rings. The Hall–Kier alpha value is -1.79. The van der Waals surface area contributed by atoms with E-state index in [1.165, 1.54) is 23.5 Å². The van der Waals surface area contributed by atoms with Gasteiger partial charge < -0.3 is 4.98 Å². The Morgan fingerprint density at radius 1 is 1.42 bits per heavy atom. The summed E-state index contributed by atoms with van der Waals surface area (Å²) in [6.07, 6.45) is 1.12. The molecule has 4 nitrogen and oxygen atoms in total. The Bertz CT molecular complexity index is 797. The second-order valence-corrected chi connectivity index (χ2v) is 4.96. The van der Waals surface area contributed by atoms with Crippen LogP contribution in [0, 0.1) is 5.82 Å². The predicted octanol–water partition coefficient (Wildman–Crippen LogP) is 2.92. The van der Waals surface area contributed by atoms with E-state index in [4.69, 9.17) is 11.6 Å². The molecule has 0 fully saturated rings. The minimum atomic E-state index is -0.417. The Kier molecular flexibility index (Phi) is 3.04. The summed E-state index contributed by atoms with van der Waals surface area (Å²) in [5.41, 5.74) is 0.927. The quantitative estimate of drug-likeness (QED) is 0.740. The number of pyridine rings is 1. The minimum Gasteiger partial charge on any atom is -0.309 e. The molecule has 0 unspecified atom stereocenters. The molecule has 0 aromatic carbocycles. The number of alkyl halides is 1. The molecule has 1 N–H and O–H groups in total. The molecule has 0 spiro atoms. The van der Waals surface area contributed by atoms with Crippen molar-refractivity contribution >= 4 is 33.2 Å². The maximum Gasteiger partial charge on any atom is 0.260 e. The smallest absolute Gasteiger partial charge is 0.260 e. The molecule has 0 amide bonds. The highest BCUT2D eigenvalue weighted by Gasteiger charge is 2.13. The van der Waals surface area contributed by atoms with Gasteiger partial charge in [0.2, 0.25) is 0 Å². The van der Waals surface area contributed by atoms with Gasteiger partial charge in [0.25, 0.3) is 5.56 Å². The normalized spacial score (nSPS) is 11.1. The zero-order valence-corrected chi connectivity index (χ0v) is 11.1. The minimum absolute atomic E-state index is 0.146. The summed E-state index contributed by atoms with van der Waals surface area (Å²) in [5, 5.41) is 2.24. The van der Waals surface area contributed by atoms with Gasteiger partial charge in [-0.15, -0.1) is 22.9 Å². The molecular weight excluding hydrogens is 289 g/mol. The van der Waals surface area contributed by atoms with Crippen LogP contribution < -0.4 is 5.56 Å². The third-order valence-electron chi connectivity index (χ3n) is 2.62. The molecule has 0 aliphatic carbocycles. The van der Waals surface area contributed by atoms with E-state index in [2.05, 4.69) is 15.0 Å². The molecule has 0 saturated carbocycles. The molecule has 0 aliphatic rings. The van der Waals surface area contributed by atoms with Gasteiger partial charge in [-0.2, -0.15) is 0 Å². The fourth-order valence-electron chi connectivity index (χ4n) is 1.78. The van der Waals surface area contributed by atoms with Gasteiger partial charge in [0.15, 0.2) is 0 Å². The first kappa shape index (κ1) is 12.3. The number of H-pyrrole nitrogens is 1. The van der Waals surface area contributed by atoms with Crippen molar-refractivity contribution in [1.82, 2.24) is 15.0 Å². The third kappa shape index (κ3) is 2.13. The first-order valence-electron chi connectivity index (χ1n) is 5.37. The number of thiophene rings is 1. The standard InChI is InChI=1S/C12H7ClFN3OS/c13-3-9-16-11(18)10-7(5-19-12(10)17-9)8-2-1-6(14)4-15-8/h1-2,4-5H,3H2,(H,16,17,18). The van der Waals surface area contributed by atoms with Crippen LogP contribution in [0.5, 0.6) is 0 Å². The Morgan fingerprint density at radius 3 is 2.95 bits per heavy atom. The molecule has 7 heteroatoms. The van der Waals surface area contributed by atoms with E-state index in [1.807, 2.05) is 0 Å². The van der Waals surface area contributed by atoms with Gasteiger partial charge in [-0.05, 0) is 12.1 Å². The lowest BCUT2D eigenvalue weighted by molar-refractivity contribution is 0.622. The third-order valence-corrected chi connectivity index (χ3v) is 3.75. The zero-order valence-electron chi connectivity index (χ0n) is 9.48. The number of rotatable bonds is 2. The summed E-state index contributed by atoms with van der Waals surface area (Å²) in [5.74, 6) is 0.159. The molecule has 3 rings (SSSR count). The topological polar surface area (TPSA) is 58.6 Å². The number of halogens is 2. The van der Waals surface area contributed by atoms with E-state index in [0.29, 0.717) is 27.3 Å². The summed E-state index contributed by atoms with van der Waals surface area (Å²) < 4.78 is 12.9. The number of aromatic nitrogens is 3. The largest absolute Gasteiger partial charge is 0.309 e. The summed E-state index contributed by atoms with van der Waals surface area (Å²) in [6, 6.07) is 2.84. The number of hydrogen-bond acceptors (Lipinski definition) is 4. The van der Waals surface area contributed by atoms with Crippen LogP contribution >= 0.6 is 22.9 Å². The molecule has 0 bridgehead atoms. The number of nitrogens with zero attached hydrogens (tertiary/aromatic N) is 2. The molecule has 0 aliphatic heterocycles. The SMILES string of the molecule is O=c1[nH]c(CCl)nc2scc(-c3ccc(F)cn3)c12. The molecule has 0 saturated heterocycles. The second-order valence-electron chi connectivity index (χ2n) is 3.84. The predicted molar refractivity (Wildman–Crippen MR) is 73.0 cm³/mol. The van der Waals surface area contributed by atoms with Crippen LogP contribution in [-0.4, -0.2) is 15.0 Å². The van der Waals surface area contributed by atoms with E-state index >= 15 is 0 Å². The van der Waals surface area contributed by atoms with Crippen molar-refractivity contribution in [1.29, 1.82) is 0 Å². The van der Waals surface area contributed by atoms with Gasteiger partial charge in [-0.1, -0.05) is 0 Å². The first-order chi connectivity index (χ1) is 9.19. The van der Waals surface area contributed by atoms with Crippen molar-refractivity contribution < 1.29 is 4.39 Å². The van der Waals surface area contributed by atoms with Gasteiger partial charge in [0, 0.05) is 10.9 Å². The van der Waals surface area contributed by atoms with E-state index in [0.717, 1.165) is 6.20 Å². The molecule has 3 aromatic heterocycles. The van der Waals surface area contributed by atoms with Crippen LogP contribution in [0.4, 0.5) is 4.39 Å². The Labute approximate surface area is 115 Å². The lowest BCUT2D eigenvalue weighted by Crippen LogP contribution is -2.10. The Morgan fingerprint density at radius 2 is 2.26 bits per heavy atom. The number of hydrogen-bond donors (Lipinski definition) is 1. The second kappa shape index (κ2) is 4.71. The molecule has 0 radical (unpaired) electrons. The summed E-state index contributed by atoms with van der Waals surface area (Å²) >= 11 is 6.99. The molecule has 96 valence electrons. The maximum atomic E-state index is 12.9. The summed E-state index contributed by atoms with van der Waals surface area (Å²) in [7, 11) is 0. The van der Waals surface area contributed by atoms with Crippen LogP contribution in [0.1, 0.15) is 5.82 Å². The van der Waals surface area contributed by atoms with Gasteiger partial charge in [-0.3, -0.25) is 9.78 Å². The summed E-state index contributed by atoms with van der Waals surface area (Å²) in [4.78, 5) is 23.5. The van der Waals surface area contributed by atoms with Crippen molar-refractivity contribution in [3.8, 4) is 11.3 Å². The molecule has 0 atom stereocenters. The number of fused-ring (bicyclic) bond motifs is 1. The van der Waals surface area contributed by atoms with Gasteiger partial charge in [0.05, 0.1) is 23.2 Å². The fourth-order valence-corrected chi connectivity index (χ4v) is 2.86. The van der Waals surface area contributed by atoms with Gasteiger partial charge in [-0.25, -0.2) is 9.37 Å². The Balaban J connectivity index is 2.26. The van der Waals surface area contributed by atoms with Crippen molar-refractivity contribution in [2.45, 2.75) is 5.88 Å². The van der Waals surface area contributed by atoms with Crippen LogP contribution in [0.3, 0.4) is 0 Å². The van der Waals surface area contributed by atoms with E-state index in [9.17, 15) is 9.18 Å². The van der Waals surface area contributed by atoms with Crippen molar-refractivity contribution in [3.05, 3.63) is 45.7 Å². The fraction of sp³-hybridized carbons (Fsp3) is 0.0833. The van der Waals surface area contributed by atoms with Crippen molar-refractivity contribution in [3.63, 3.8) is 0 Å². The molecule has 3 heterocycles. The van der Waals surface area contributed by atoms with Crippen LogP contribution in [0.15, 0.2) is 28.5 Å². The lowest BCUT2D eigenvalue weighted by atomic mass is 10.1. The molecular formula is C12H7ClFN3OS. The van der Waals surface area contributed by atoms with Crippen LogP contribution in [0.25, 0.3) is 21.5 Å². The lowest BCUT2D eigenvalue weighted by Gasteiger charge is -1.99. The van der Waals surface area contributed by atoms with Crippen molar-refractivity contribution in [2.75, 3.05) is 0 Å². The van der Waals surface area contributed by atoms with E-state index < -0.39 is 5.82 Å². The van der Waals surface area contributed by atoms with Crippen LogP contribution in [0.2, 0.25) is 0 Å². The zero-order chi connectivity index (χ0) is 13.4. The first-order valence-corrected chi connectivity index (χ1v) is 6.78. The maximum absolute atomic E-state index is 12.9. The number of nitrogens with one attached hydrogen (secondary N) is 1. The number of aromatic amines is 1. The van der Waals surface area contributed by atoms with E-state index in [-0.39, 0.29) is 11.4 Å². The highest BCUT2D eigenvalue weighted by atomic mass is 35.5. The summed E-state index contributed by atoms with van der Waals surface area (Å²) in [6.45, 7) is 0. The van der Waals surface area contributed by atoms with Gasteiger partial charge in [0.1, 0.15) is 16.5 Å². The van der Waals surface area contributed by atoms with E-state index in [1.54, 1.807) is 5.38 Å². The van der Waals surface area contributed by atoms with Gasteiger partial charge >= 0.3 is 0 Å². The van der Waals surface area contributed by atoms with Crippen LogP contribution in [-0.2, 0) is 5.88 Å². The monoisotopic (exact) mass is 295 g/mol. The highest BCUT2D eigenvalue weighted by Crippen LogP contribution is 2.29. The average Bonchev–Trinajstić information content (AvgIpc) is 2.84.